The molecule has 0 aromatic heterocycles. The van der Waals surface area contributed by atoms with Crippen LogP contribution in [0.1, 0.15) is 34.1 Å². The molecule has 0 unspecified atom stereocenters. The van der Waals surface area contributed by atoms with Crippen molar-refractivity contribution in [1.29, 1.82) is 0 Å². The first-order valence-corrected chi connectivity index (χ1v) is 7.39. The predicted molar refractivity (Wildman–Crippen MR) is 84.7 cm³/mol. The predicted octanol–water partition coefficient (Wildman–Crippen LogP) is 4.51. The molecule has 1 rings (SSSR count). The van der Waals surface area contributed by atoms with Gasteiger partial charge < -0.3 is 4.74 Å². The van der Waals surface area contributed by atoms with E-state index in [1.807, 2.05) is 6.92 Å². The fraction of sp³-hybridized carbons (Fsp3) is 0.500. The maximum absolute atomic E-state index is 12.2. The van der Waals surface area contributed by atoms with Crippen molar-refractivity contribution in [3.05, 3.63) is 32.8 Å². The van der Waals surface area contributed by atoms with Crippen molar-refractivity contribution in [2.75, 3.05) is 11.4 Å². The second-order valence-electron chi connectivity index (χ2n) is 5.52. The minimum absolute atomic E-state index is 0.0860. The average molecular weight is 359 g/mol. The van der Waals surface area contributed by atoms with Crippen LogP contribution in [-0.2, 0) is 4.74 Å². The van der Waals surface area contributed by atoms with Crippen LogP contribution in [0.2, 0.25) is 0 Å². The first-order chi connectivity index (χ1) is 9.65. The molecule has 0 radical (unpaired) electrons. The van der Waals surface area contributed by atoms with Crippen molar-refractivity contribution in [3.63, 3.8) is 0 Å². The van der Waals surface area contributed by atoms with E-state index in [1.165, 1.54) is 11.0 Å². The van der Waals surface area contributed by atoms with Crippen LogP contribution in [0.25, 0.3) is 0 Å². The molecule has 0 bridgehead atoms. The Hall–Kier alpha value is -1.63. The standard InChI is InChI=1S/C14H19BrN2O4/c1-5-8-16(13(18)21-14(2,3)4)10-6-7-11(15)12(9-10)17(19)20/h6-7,9H,5,8H2,1-4H3. The molecule has 0 atom stereocenters. The van der Waals surface area contributed by atoms with Crippen LogP contribution in [0.15, 0.2) is 22.7 Å². The number of hydrogen-bond acceptors (Lipinski definition) is 4. The van der Waals surface area contributed by atoms with Gasteiger partial charge in [0, 0.05) is 12.6 Å². The van der Waals surface area contributed by atoms with Crippen LogP contribution in [0, 0.1) is 10.1 Å². The maximum atomic E-state index is 12.2. The summed E-state index contributed by atoms with van der Waals surface area (Å²) < 4.78 is 5.71. The number of nitrogens with zero attached hydrogens (tertiary/aromatic N) is 2. The number of rotatable bonds is 4. The lowest BCUT2D eigenvalue weighted by Gasteiger charge is -2.27. The van der Waals surface area contributed by atoms with E-state index >= 15 is 0 Å². The van der Waals surface area contributed by atoms with Crippen LogP contribution in [-0.4, -0.2) is 23.2 Å². The van der Waals surface area contributed by atoms with Crippen LogP contribution < -0.4 is 4.90 Å². The summed E-state index contributed by atoms with van der Waals surface area (Å²) in [4.78, 5) is 24.1. The summed E-state index contributed by atoms with van der Waals surface area (Å²) in [5.41, 5.74) is -0.261. The lowest BCUT2D eigenvalue weighted by atomic mass is 10.2. The Kier molecular flexibility index (Phi) is 5.71. The smallest absolute Gasteiger partial charge is 0.414 e. The number of amides is 1. The van der Waals surface area contributed by atoms with Gasteiger partial charge in [0.1, 0.15) is 5.60 Å². The summed E-state index contributed by atoms with van der Waals surface area (Å²) in [6.07, 6.45) is 0.198. The molecule has 7 heteroatoms. The molecule has 0 saturated heterocycles. The Balaban J connectivity index is 3.14. The minimum Gasteiger partial charge on any atom is -0.443 e. The first-order valence-electron chi connectivity index (χ1n) is 6.60. The Labute approximate surface area is 132 Å². The fourth-order valence-electron chi connectivity index (χ4n) is 1.68. The van der Waals surface area contributed by atoms with Crippen LogP contribution in [0.5, 0.6) is 0 Å². The molecule has 0 heterocycles. The summed E-state index contributed by atoms with van der Waals surface area (Å²) in [5.74, 6) is 0. The molecular weight excluding hydrogens is 340 g/mol. The van der Waals surface area contributed by atoms with E-state index in [4.69, 9.17) is 4.74 Å². The number of hydrogen-bond donors (Lipinski definition) is 0. The van der Waals surface area contributed by atoms with E-state index in [2.05, 4.69) is 15.9 Å². The number of anilines is 1. The third-order valence-corrected chi connectivity index (χ3v) is 3.17. The third kappa shape index (κ3) is 5.00. The highest BCUT2D eigenvalue weighted by Crippen LogP contribution is 2.30. The van der Waals surface area contributed by atoms with Gasteiger partial charge >= 0.3 is 6.09 Å². The van der Waals surface area contributed by atoms with Crippen molar-refractivity contribution in [3.8, 4) is 0 Å². The Morgan fingerprint density at radius 3 is 2.52 bits per heavy atom. The van der Waals surface area contributed by atoms with E-state index in [0.717, 1.165) is 0 Å². The number of nitro benzene ring substituents is 1. The fourth-order valence-corrected chi connectivity index (χ4v) is 2.07. The van der Waals surface area contributed by atoms with Gasteiger partial charge in [-0.2, -0.15) is 0 Å². The largest absolute Gasteiger partial charge is 0.443 e. The molecule has 1 amide bonds. The van der Waals surface area contributed by atoms with Crippen LogP contribution in [0.4, 0.5) is 16.2 Å². The Morgan fingerprint density at radius 1 is 1.43 bits per heavy atom. The van der Waals surface area contributed by atoms with E-state index in [0.29, 0.717) is 23.1 Å². The van der Waals surface area contributed by atoms with Gasteiger partial charge in [-0.25, -0.2) is 4.79 Å². The molecule has 116 valence electrons. The van der Waals surface area contributed by atoms with E-state index in [9.17, 15) is 14.9 Å². The summed E-state index contributed by atoms with van der Waals surface area (Å²) in [5, 5.41) is 11.0. The Morgan fingerprint density at radius 2 is 2.05 bits per heavy atom. The van der Waals surface area contributed by atoms with Gasteiger partial charge in [-0.15, -0.1) is 0 Å². The Bertz CT molecular complexity index is 540. The molecular formula is C14H19BrN2O4. The van der Waals surface area contributed by atoms with Crippen molar-refractivity contribution in [2.45, 2.75) is 39.7 Å². The molecule has 1 aromatic carbocycles. The molecule has 1 aromatic rings. The molecule has 0 saturated carbocycles. The van der Waals surface area contributed by atoms with Gasteiger partial charge in [0.2, 0.25) is 0 Å². The summed E-state index contributed by atoms with van der Waals surface area (Å²) in [6, 6.07) is 4.57. The van der Waals surface area contributed by atoms with Gasteiger partial charge in [-0.05, 0) is 55.3 Å². The highest BCUT2D eigenvalue weighted by Gasteiger charge is 2.24. The summed E-state index contributed by atoms with van der Waals surface area (Å²) in [6.45, 7) is 7.68. The van der Waals surface area contributed by atoms with Gasteiger partial charge in [0.15, 0.2) is 0 Å². The van der Waals surface area contributed by atoms with E-state index in [1.54, 1.807) is 32.9 Å². The lowest BCUT2D eigenvalue weighted by molar-refractivity contribution is -0.385. The van der Waals surface area contributed by atoms with E-state index < -0.39 is 16.6 Å². The normalized spacial score (nSPS) is 11.1. The summed E-state index contributed by atoms with van der Waals surface area (Å²) in [7, 11) is 0. The zero-order valence-electron chi connectivity index (χ0n) is 12.6. The van der Waals surface area contributed by atoms with Crippen molar-refractivity contribution >= 4 is 33.4 Å². The average Bonchev–Trinajstić information content (AvgIpc) is 2.34. The van der Waals surface area contributed by atoms with Crippen LogP contribution >= 0.6 is 15.9 Å². The number of benzene rings is 1. The molecule has 0 aliphatic heterocycles. The van der Waals surface area contributed by atoms with Crippen molar-refractivity contribution in [1.82, 2.24) is 0 Å². The highest BCUT2D eigenvalue weighted by molar-refractivity contribution is 9.10. The second-order valence-corrected chi connectivity index (χ2v) is 6.38. The molecule has 0 aliphatic rings. The zero-order valence-corrected chi connectivity index (χ0v) is 14.1. The number of ether oxygens (including phenoxy) is 1. The van der Waals surface area contributed by atoms with Crippen molar-refractivity contribution < 1.29 is 14.5 Å². The molecule has 0 fully saturated rings. The molecule has 0 spiro atoms. The van der Waals surface area contributed by atoms with Gasteiger partial charge in [0.25, 0.3) is 5.69 Å². The minimum atomic E-state index is -0.621. The maximum Gasteiger partial charge on any atom is 0.414 e. The van der Waals surface area contributed by atoms with Crippen LogP contribution in [0.3, 0.4) is 0 Å². The SMILES string of the molecule is CCCN(C(=O)OC(C)(C)C)c1ccc(Br)c([N+](=O)[O-])c1. The monoisotopic (exact) mass is 358 g/mol. The number of carbonyl (C=O) groups excluding carboxylic acids is 1. The molecule has 21 heavy (non-hydrogen) atoms. The van der Waals surface area contributed by atoms with E-state index in [-0.39, 0.29) is 5.69 Å². The number of nitro groups is 1. The third-order valence-electron chi connectivity index (χ3n) is 2.50. The quantitative estimate of drug-likeness (QED) is 0.586. The molecule has 0 aliphatic carbocycles. The second kappa shape index (κ2) is 6.89. The topological polar surface area (TPSA) is 72.7 Å². The van der Waals surface area contributed by atoms with Gasteiger partial charge in [-0.3, -0.25) is 15.0 Å². The highest BCUT2D eigenvalue weighted by atomic mass is 79.9. The van der Waals surface area contributed by atoms with Crippen molar-refractivity contribution in [2.24, 2.45) is 0 Å². The molecule has 6 nitrogen and oxygen atoms in total. The van der Waals surface area contributed by atoms with Gasteiger partial charge in [-0.1, -0.05) is 6.92 Å². The van der Waals surface area contributed by atoms with Gasteiger partial charge in [0.05, 0.1) is 15.1 Å². The summed E-state index contributed by atoms with van der Waals surface area (Å²) >= 11 is 3.13. The lowest BCUT2D eigenvalue weighted by Crippen LogP contribution is -2.37. The zero-order chi connectivity index (χ0) is 16.2. The number of carbonyl (C=O) groups is 1. The number of halogens is 1. The molecule has 0 N–H and O–H groups in total. The first kappa shape index (κ1) is 17.4.